The van der Waals surface area contributed by atoms with E-state index >= 15 is 0 Å². The predicted octanol–water partition coefficient (Wildman–Crippen LogP) is 5.33. The fourth-order valence-corrected chi connectivity index (χ4v) is 3.77. The third-order valence-corrected chi connectivity index (χ3v) is 5.53. The van der Waals surface area contributed by atoms with Crippen molar-refractivity contribution in [2.24, 2.45) is 12.2 Å². The van der Waals surface area contributed by atoms with E-state index in [1.807, 2.05) is 0 Å². The summed E-state index contributed by atoms with van der Waals surface area (Å²) in [6, 6.07) is 13.8. The zero-order valence-electron chi connectivity index (χ0n) is 19.9. The minimum absolute atomic E-state index is 0.0861. The number of ketones is 1. The summed E-state index contributed by atoms with van der Waals surface area (Å²) in [4.78, 5) is 29.3. The molecule has 0 fully saturated rings. The number of hydrogen-bond acceptors (Lipinski definition) is 6. The SMILES string of the molecule is CC(=O)C(=NO)c1ccc(-c2ccccc2)c(NC(=O)c2cc(-c3ccn(C)n3)c(C(F)(F)F)cc2F)n1. The Labute approximate surface area is 213 Å². The Kier molecular flexibility index (Phi) is 7.06. The number of aromatic nitrogens is 3. The number of alkyl halides is 3. The van der Waals surface area contributed by atoms with Crippen molar-refractivity contribution in [1.82, 2.24) is 14.8 Å². The topological polar surface area (TPSA) is 109 Å². The third-order valence-electron chi connectivity index (χ3n) is 5.53. The molecule has 194 valence electrons. The van der Waals surface area contributed by atoms with Crippen molar-refractivity contribution >= 4 is 23.2 Å². The Morgan fingerprint density at radius 1 is 1.03 bits per heavy atom. The smallest absolute Gasteiger partial charge is 0.410 e. The molecule has 0 aliphatic carbocycles. The van der Waals surface area contributed by atoms with E-state index in [0.29, 0.717) is 11.1 Å². The van der Waals surface area contributed by atoms with Gasteiger partial charge in [0.25, 0.3) is 5.91 Å². The highest BCUT2D eigenvalue weighted by Gasteiger charge is 2.36. The number of carbonyl (C=O) groups is 2. The van der Waals surface area contributed by atoms with Crippen molar-refractivity contribution < 1.29 is 32.4 Å². The van der Waals surface area contributed by atoms with Crippen LogP contribution in [-0.4, -0.2) is 37.4 Å². The summed E-state index contributed by atoms with van der Waals surface area (Å²) >= 11 is 0. The molecule has 0 radical (unpaired) electrons. The number of nitrogens with zero attached hydrogens (tertiary/aromatic N) is 4. The summed E-state index contributed by atoms with van der Waals surface area (Å²) in [5.41, 5.74) is -2.09. The lowest BCUT2D eigenvalue weighted by Crippen LogP contribution is -2.19. The van der Waals surface area contributed by atoms with Gasteiger partial charge in [0.1, 0.15) is 11.6 Å². The van der Waals surface area contributed by atoms with Crippen LogP contribution in [-0.2, 0) is 18.0 Å². The Morgan fingerprint density at radius 3 is 2.32 bits per heavy atom. The average Bonchev–Trinajstić information content (AvgIpc) is 3.30. The highest BCUT2D eigenvalue weighted by Crippen LogP contribution is 2.38. The quantitative estimate of drug-likeness (QED) is 0.153. The van der Waals surface area contributed by atoms with Crippen LogP contribution in [0.2, 0.25) is 0 Å². The number of carbonyl (C=O) groups excluding carboxylic acids is 2. The first-order chi connectivity index (χ1) is 18.0. The predicted molar refractivity (Wildman–Crippen MR) is 130 cm³/mol. The van der Waals surface area contributed by atoms with Crippen LogP contribution < -0.4 is 5.32 Å². The van der Waals surface area contributed by atoms with Gasteiger partial charge in [-0.1, -0.05) is 35.5 Å². The normalized spacial score (nSPS) is 11.9. The van der Waals surface area contributed by atoms with Crippen molar-refractivity contribution in [3.05, 3.63) is 89.5 Å². The van der Waals surface area contributed by atoms with Crippen molar-refractivity contribution in [2.75, 3.05) is 5.32 Å². The molecule has 0 aliphatic rings. The van der Waals surface area contributed by atoms with E-state index in [4.69, 9.17) is 0 Å². The Balaban J connectivity index is 1.83. The van der Waals surface area contributed by atoms with Gasteiger partial charge in [-0.15, -0.1) is 0 Å². The van der Waals surface area contributed by atoms with Gasteiger partial charge in [-0.25, -0.2) is 9.37 Å². The van der Waals surface area contributed by atoms with Gasteiger partial charge in [0, 0.05) is 31.3 Å². The number of halogens is 4. The minimum Gasteiger partial charge on any atom is -0.410 e. The summed E-state index contributed by atoms with van der Waals surface area (Å²) in [5, 5.41) is 18.6. The largest absolute Gasteiger partial charge is 0.417 e. The first-order valence-electron chi connectivity index (χ1n) is 11.0. The molecule has 0 unspecified atom stereocenters. The molecule has 2 heterocycles. The molecule has 0 atom stereocenters. The second-order valence-corrected chi connectivity index (χ2v) is 8.17. The molecule has 1 amide bonds. The van der Waals surface area contributed by atoms with Crippen molar-refractivity contribution in [2.45, 2.75) is 13.1 Å². The first kappa shape index (κ1) is 26.2. The van der Waals surface area contributed by atoms with Crippen molar-refractivity contribution in [1.29, 1.82) is 0 Å². The summed E-state index contributed by atoms with van der Waals surface area (Å²) < 4.78 is 57.3. The van der Waals surface area contributed by atoms with Crippen molar-refractivity contribution in [3.63, 3.8) is 0 Å². The molecule has 2 aromatic heterocycles. The van der Waals surface area contributed by atoms with Gasteiger partial charge in [-0.05, 0) is 35.9 Å². The molecule has 0 spiro atoms. The van der Waals surface area contributed by atoms with E-state index in [2.05, 4.69) is 20.6 Å². The van der Waals surface area contributed by atoms with E-state index in [1.54, 1.807) is 30.3 Å². The molecule has 4 rings (SSSR count). The molecular formula is C26H19F4N5O3. The van der Waals surface area contributed by atoms with Gasteiger partial charge in [-0.2, -0.15) is 18.3 Å². The van der Waals surface area contributed by atoms with Crippen LogP contribution in [0.25, 0.3) is 22.4 Å². The number of hydrogen-bond donors (Lipinski definition) is 2. The molecule has 12 heteroatoms. The molecule has 2 aromatic carbocycles. The van der Waals surface area contributed by atoms with Gasteiger partial charge < -0.3 is 10.5 Å². The monoisotopic (exact) mass is 525 g/mol. The first-order valence-corrected chi connectivity index (χ1v) is 11.0. The zero-order valence-corrected chi connectivity index (χ0v) is 19.9. The van der Waals surface area contributed by atoms with Crippen LogP contribution in [0.1, 0.15) is 28.5 Å². The van der Waals surface area contributed by atoms with E-state index in [1.165, 1.54) is 36.1 Å². The van der Waals surface area contributed by atoms with Crippen LogP contribution in [0.15, 0.2) is 72.0 Å². The maximum Gasteiger partial charge on any atom is 0.417 e. The van der Waals surface area contributed by atoms with E-state index in [-0.39, 0.29) is 23.3 Å². The van der Waals surface area contributed by atoms with Gasteiger partial charge in [0.2, 0.25) is 0 Å². The molecule has 0 saturated heterocycles. The molecule has 0 bridgehead atoms. The highest BCUT2D eigenvalue weighted by molar-refractivity contribution is 6.44. The number of anilines is 1. The minimum atomic E-state index is -4.91. The molecule has 8 nitrogen and oxygen atoms in total. The Morgan fingerprint density at radius 2 is 1.74 bits per heavy atom. The molecule has 2 N–H and O–H groups in total. The van der Waals surface area contributed by atoms with E-state index in [9.17, 15) is 32.4 Å². The summed E-state index contributed by atoms with van der Waals surface area (Å²) in [6.07, 6.45) is -3.50. The number of nitrogens with one attached hydrogen (secondary N) is 1. The molecule has 38 heavy (non-hydrogen) atoms. The lowest BCUT2D eigenvalue weighted by Gasteiger charge is -2.16. The number of rotatable bonds is 6. The average molecular weight is 525 g/mol. The van der Waals surface area contributed by atoms with Crippen LogP contribution in [0, 0.1) is 5.82 Å². The number of Topliss-reactive ketones (excluding diaryl/α,β-unsaturated/α-hetero) is 1. The standard InChI is InChI=1S/C26H19F4N5O3/c1-14(36)23(34-38)22-9-8-16(15-6-4-3-5-7-15)24(31-22)32-25(37)18-12-17(21-10-11-35(2)33-21)19(13-20(18)27)26(28,29)30/h3-13,38H,1-2H3,(H,31,32,37). The van der Waals surface area contributed by atoms with Crippen LogP contribution in [0.5, 0.6) is 0 Å². The molecule has 0 saturated carbocycles. The summed E-state index contributed by atoms with van der Waals surface area (Å²) in [5.74, 6) is -3.26. The lowest BCUT2D eigenvalue weighted by molar-refractivity contribution is -0.137. The maximum atomic E-state index is 14.9. The van der Waals surface area contributed by atoms with Crippen LogP contribution >= 0.6 is 0 Å². The van der Waals surface area contributed by atoms with Gasteiger partial charge in [-0.3, -0.25) is 14.3 Å². The van der Waals surface area contributed by atoms with Gasteiger partial charge in [0.05, 0.1) is 22.5 Å². The fourth-order valence-electron chi connectivity index (χ4n) is 3.77. The number of aryl methyl sites for hydroxylation is 1. The summed E-state index contributed by atoms with van der Waals surface area (Å²) in [7, 11) is 1.50. The maximum absolute atomic E-state index is 14.9. The van der Waals surface area contributed by atoms with E-state index < -0.39 is 46.1 Å². The second-order valence-electron chi connectivity index (χ2n) is 8.17. The summed E-state index contributed by atoms with van der Waals surface area (Å²) in [6.45, 7) is 1.15. The van der Waals surface area contributed by atoms with E-state index in [0.717, 1.165) is 13.0 Å². The number of pyridine rings is 1. The zero-order chi connectivity index (χ0) is 27.6. The molecular weight excluding hydrogens is 506 g/mol. The number of benzene rings is 2. The molecule has 4 aromatic rings. The third kappa shape index (κ3) is 5.28. The fraction of sp³-hybridized carbons (Fsp3) is 0.115. The highest BCUT2D eigenvalue weighted by atomic mass is 19.4. The second kappa shape index (κ2) is 10.2. The van der Waals surface area contributed by atoms with Gasteiger partial charge >= 0.3 is 6.18 Å². The number of amides is 1. The number of oxime groups is 1. The Bertz CT molecular complexity index is 1560. The van der Waals surface area contributed by atoms with Crippen molar-refractivity contribution in [3.8, 4) is 22.4 Å². The van der Waals surface area contributed by atoms with Crippen LogP contribution in [0.3, 0.4) is 0 Å². The molecule has 0 aliphatic heterocycles. The van der Waals surface area contributed by atoms with Gasteiger partial charge in [0.15, 0.2) is 11.5 Å². The Hall–Kier alpha value is -4.87. The lowest BCUT2D eigenvalue weighted by atomic mass is 9.99. The van der Waals surface area contributed by atoms with Crippen LogP contribution in [0.4, 0.5) is 23.4 Å².